The van der Waals surface area contributed by atoms with E-state index < -0.39 is 30.8 Å². The summed E-state index contributed by atoms with van der Waals surface area (Å²) in [5.41, 5.74) is 0. The normalized spacial score (nSPS) is 22.7. The average molecular weight is 602 g/mol. The first-order chi connectivity index (χ1) is 13.0. The summed E-state index contributed by atoms with van der Waals surface area (Å²) in [4.78, 5) is 40.0. The molecule has 0 spiro atoms. The molecule has 0 amide bonds. The van der Waals surface area contributed by atoms with E-state index in [2.05, 4.69) is 47.2 Å². The number of ether oxygens (including phenoxy) is 2. The van der Waals surface area contributed by atoms with Crippen molar-refractivity contribution in [2.45, 2.75) is 81.6 Å². The Bertz CT molecular complexity index is 554. The van der Waals surface area contributed by atoms with Gasteiger partial charge in [0.1, 0.15) is 13.7 Å². The van der Waals surface area contributed by atoms with Crippen molar-refractivity contribution in [3.8, 4) is 0 Å². The molecule has 0 aromatic carbocycles. The third-order valence-electron chi connectivity index (χ3n) is 2.52. The lowest BCUT2D eigenvalue weighted by atomic mass is 10.1. The Hall–Kier alpha value is 1.62. The van der Waals surface area contributed by atoms with E-state index in [4.69, 9.17) is 14.0 Å². The Labute approximate surface area is 206 Å². The quantitative estimate of drug-likeness (QED) is 0.367. The predicted molar refractivity (Wildman–Crippen MR) is 136 cm³/mol. The van der Waals surface area contributed by atoms with Crippen LogP contribution in [0.3, 0.4) is 0 Å². The van der Waals surface area contributed by atoms with Crippen LogP contribution in [0.4, 0.5) is 0 Å². The van der Waals surface area contributed by atoms with Gasteiger partial charge in [0, 0.05) is 20.2 Å². The van der Waals surface area contributed by atoms with Crippen LogP contribution in [0, 0.1) is 0 Å². The first kappa shape index (κ1) is 47.8. The summed E-state index contributed by atoms with van der Waals surface area (Å²) in [6.45, 7) is 7.30. The fourth-order valence-corrected chi connectivity index (χ4v) is 5.45. The Kier molecular flexibility index (Phi) is 33.0. The van der Waals surface area contributed by atoms with E-state index in [1.807, 2.05) is 0 Å². The van der Waals surface area contributed by atoms with Crippen molar-refractivity contribution >= 4 is 48.6 Å². The van der Waals surface area contributed by atoms with E-state index in [0.717, 1.165) is 6.42 Å². The smallest absolute Gasteiger partial charge is 0.276 e. The lowest BCUT2D eigenvalue weighted by molar-refractivity contribution is -0.339. The van der Waals surface area contributed by atoms with Crippen LogP contribution < -0.4 is 19.6 Å². The first-order valence-corrected chi connectivity index (χ1v) is 17.5. The average Bonchev–Trinajstić information content (AvgIpc) is 2.81. The summed E-state index contributed by atoms with van der Waals surface area (Å²) < 4.78 is 52.8. The lowest BCUT2D eigenvalue weighted by Gasteiger charge is -2.37. The standard InChI is InChI=1S/C7H17O3P3.C3H8.CH7O9P3.4CH4/c1-5-3-6(8-2)7(10-5)4-9-13(11)12;1-3-2;1-11(2,3)9-13(7,8)10-12(4,5)6;;;;/h5-7H,3-4,11-12H2,1-2H3;3H2,1-2H3;1H3,(H,2,3)(H,7,8)(H2,4,5,6);4*1H4/p-4/t5-,6+,7+;;;;;;/m0....../s1. The number of hydrogen-bond acceptors (Lipinski definition) is 12. The van der Waals surface area contributed by atoms with E-state index in [1.165, 1.54) is 6.42 Å². The molecule has 18 heteroatoms. The Balaban J connectivity index is -0.0000000889. The van der Waals surface area contributed by atoms with Crippen LogP contribution in [0.2, 0.25) is 0 Å². The van der Waals surface area contributed by atoms with Gasteiger partial charge in [-0.2, -0.15) is 0 Å². The van der Waals surface area contributed by atoms with Gasteiger partial charge in [-0.3, -0.25) is 13.2 Å². The molecule has 1 fully saturated rings. The molecule has 33 heavy (non-hydrogen) atoms. The van der Waals surface area contributed by atoms with Gasteiger partial charge in [-0.1, -0.05) is 67.8 Å². The third kappa shape index (κ3) is 31.6. The Morgan fingerprint density at radius 1 is 1.00 bits per heavy atom. The van der Waals surface area contributed by atoms with Gasteiger partial charge in [-0.25, -0.2) is 0 Å². The van der Waals surface area contributed by atoms with Gasteiger partial charge >= 0.3 is 0 Å². The van der Waals surface area contributed by atoms with Crippen molar-refractivity contribution < 1.29 is 55.9 Å². The van der Waals surface area contributed by atoms with Gasteiger partial charge < -0.3 is 42.7 Å². The van der Waals surface area contributed by atoms with Crippen LogP contribution in [-0.4, -0.2) is 38.7 Å². The molecule has 1 saturated heterocycles. The molecule has 0 N–H and O–H groups in total. The van der Waals surface area contributed by atoms with Crippen molar-refractivity contribution in [3.63, 3.8) is 0 Å². The van der Waals surface area contributed by atoms with Crippen LogP contribution in [0.1, 0.15) is 63.3 Å². The highest BCUT2D eigenvalue weighted by atomic mass is 32.4. The Morgan fingerprint density at radius 3 is 1.73 bits per heavy atom. The summed E-state index contributed by atoms with van der Waals surface area (Å²) in [6.07, 6.45) is 2.81. The maximum Gasteiger partial charge on any atom is 0.276 e. The highest BCUT2D eigenvalue weighted by molar-refractivity contribution is 8.41. The monoisotopic (exact) mass is 602 g/mol. The summed E-state index contributed by atoms with van der Waals surface area (Å²) >= 11 is 0. The molecule has 12 nitrogen and oxygen atoms in total. The van der Waals surface area contributed by atoms with Crippen LogP contribution in [0.15, 0.2) is 0 Å². The van der Waals surface area contributed by atoms with Crippen LogP contribution in [0.5, 0.6) is 0 Å². The third-order valence-corrected chi connectivity index (χ3v) is 7.45. The number of hydrogen-bond donors (Lipinski definition) is 0. The van der Waals surface area contributed by atoms with Crippen molar-refractivity contribution in [2.75, 3.05) is 20.4 Å². The second-order valence-electron chi connectivity index (χ2n) is 5.69. The van der Waals surface area contributed by atoms with E-state index in [9.17, 15) is 33.3 Å². The van der Waals surface area contributed by atoms with Gasteiger partial charge in [0.25, 0.3) is 7.82 Å². The zero-order valence-corrected chi connectivity index (χ0v) is 22.6. The van der Waals surface area contributed by atoms with Crippen molar-refractivity contribution in [1.82, 2.24) is 0 Å². The zero-order chi connectivity index (χ0) is 23.5. The molecule has 1 aliphatic heterocycles. The molecule has 210 valence electrons. The van der Waals surface area contributed by atoms with Crippen LogP contribution in [-0.2, 0) is 36.3 Å². The summed E-state index contributed by atoms with van der Waals surface area (Å²) in [5, 5.41) is 0. The minimum absolute atomic E-state index is 0. The molecule has 1 heterocycles. The molecular formula is C15H44O12P6-4. The minimum Gasteiger partial charge on any atom is -0.790 e. The molecule has 0 radical (unpaired) electrons. The second kappa shape index (κ2) is 22.8. The molecule has 4 unspecified atom stereocenters. The molecule has 1 aliphatic rings. The SMILES string of the molecule is C.C.C.C.CCC.CO[C@@H]1C[C@H](C)O[C@@H]1COP(P)P.CP(=O)([O-])OP(=O)([O-])OP(=O)([O-])[O-]. The van der Waals surface area contributed by atoms with Crippen molar-refractivity contribution in [1.29, 1.82) is 0 Å². The minimum atomic E-state index is -5.83. The number of methoxy groups -OCH3 is 1. The molecule has 1 rings (SSSR count). The highest BCUT2D eigenvalue weighted by Crippen LogP contribution is 2.58. The maximum absolute atomic E-state index is 10.3. The van der Waals surface area contributed by atoms with E-state index in [1.54, 1.807) is 7.11 Å². The number of phosphoric acid groups is 2. The number of rotatable bonds is 8. The lowest BCUT2D eigenvalue weighted by Crippen LogP contribution is -2.27. The summed E-state index contributed by atoms with van der Waals surface area (Å²) in [5.74, 6) is 0. The van der Waals surface area contributed by atoms with Gasteiger partial charge in [0.05, 0.1) is 34.2 Å². The molecule has 7 atom stereocenters. The van der Waals surface area contributed by atoms with E-state index >= 15 is 0 Å². The van der Waals surface area contributed by atoms with Crippen molar-refractivity contribution in [3.05, 3.63) is 0 Å². The molecule has 0 saturated carbocycles. The molecule has 0 aliphatic carbocycles. The summed E-state index contributed by atoms with van der Waals surface area (Å²) in [6, 6.07) is 0. The maximum atomic E-state index is 10.3. The van der Waals surface area contributed by atoms with Crippen LogP contribution >= 0.6 is 48.6 Å². The highest BCUT2D eigenvalue weighted by Gasteiger charge is 2.33. The first-order valence-electron chi connectivity index (χ1n) is 8.11. The fraction of sp³-hybridized carbons (Fsp3) is 1.00. The van der Waals surface area contributed by atoms with Gasteiger partial charge in [-0.15, -0.1) is 0 Å². The van der Waals surface area contributed by atoms with E-state index in [0.29, 0.717) is 19.4 Å². The predicted octanol–water partition coefficient (Wildman–Crippen LogP) is 3.63. The topological polar surface area (TPSA) is 190 Å². The van der Waals surface area contributed by atoms with Gasteiger partial charge in [0.2, 0.25) is 0 Å². The van der Waals surface area contributed by atoms with Gasteiger partial charge in [0.15, 0.2) is 0 Å². The van der Waals surface area contributed by atoms with E-state index in [-0.39, 0.29) is 41.9 Å². The second-order valence-corrected chi connectivity index (χ2v) is 16.1. The van der Waals surface area contributed by atoms with Crippen LogP contribution in [0.25, 0.3) is 0 Å². The summed E-state index contributed by atoms with van der Waals surface area (Å²) in [7, 11) is -9.68. The molecule has 0 aromatic heterocycles. The molecular weight excluding hydrogens is 558 g/mol. The molecule has 0 aromatic rings. The van der Waals surface area contributed by atoms with Gasteiger partial charge in [-0.05, 0) is 6.92 Å². The van der Waals surface area contributed by atoms with Crippen molar-refractivity contribution in [2.24, 2.45) is 0 Å². The molecule has 0 bridgehead atoms. The zero-order valence-electron chi connectivity index (χ0n) is 16.7. The Morgan fingerprint density at radius 2 is 1.42 bits per heavy atom. The fourth-order valence-electron chi connectivity index (χ4n) is 1.79. The largest absolute Gasteiger partial charge is 0.790 e.